The minimum absolute atomic E-state index is 0.0401. The van der Waals surface area contributed by atoms with E-state index in [-0.39, 0.29) is 11.1 Å². The van der Waals surface area contributed by atoms with Gasteiger partial charge in [-0.15, -0.1) is 0 Å². The molecule has 29 heavy (non-hydrogen) atoms. The number of nitrogens with zero attached hydrogens (tertiary/aromatic N) is 1. The van der Waals surface area contributed by atoms with Gasteiger partial charge in [-0.2, -0.15) is 5.26 Å². The summed E-state index contributed by atoms with van der Waals surface area (Å²) in [7, 11) is 3.13. The number of ether oxygens (including phenoxy) is 2. The van der Waals surface area contributed by atoms with E-state index in [4.69, 9.17) is 14.6 Å². The largest absolute Gasteiger partial charge is 0.493 e. The minimum atomic E-state index is -1.10. The standard InChI is InChI=1S/C21H21N3O5/c1-28-18-7-6-14(10-19(18)29-2)8-9-23-13-16(12-22)20(25)24-17-5-3-4-15(11-17)21(26)27/h3-7,10-11,13,23H,8-9H2,1-2H3,(H,24,25)(H,26,27)/b16-13-. The van der Waals surface area contributed by atoms with Crippen LogP contribution in [0.1, 0.15) is 15.9 Å². The van der Waals surface area contributed by atoms with E-state index in [9.17, 15) is 14.9 Å². The van der Waals surface area contributed by atoms with Crippen LogP contribution in [0.4, 0.5) is 5.69 Å². The topological polar surface area (TPSA) is 121 Å². The number of carboxylic acids is 1. The van der Waals surface area contributed by atoms with Crippen LogP contribution in [0, 0.1) is 11.3 Å². The van der Waals surface area contributed by atoms with Crippen molar-refractivity contribution in [3.05, 3.63) is 65.4 Å². The van der Waals surface area contributed by atoms with Crippen molar-refractivity contribution in [3.63, 3.8) is 0 Å². The summed E-state index contributed by atoms with van der Waals surface area (Å²) >= 11 is 0. The van der Waals surface area contributed by atoms with E-state index in [1.807, 2.05) is 24.3 Å². The number of carbonyl (C=O) groups excluding carboxylic acids is 1. The molecule has 1 amide bonds. The van der Waals surface area contributed by atoms with Crippen LogP contribution in [0.3, 0.4) is 0 Å². The molecule has 0 aliphatic heterocycles. The van der Waals surface area contributed by atoms with Gasteiger partial charge in [0.15, 0.2) is 11.5 Å². The third kappa shape index (κ3) is 6.01. The molecular weight excluding hydrogens is 374 g/mol. The zero-order valence-corrected chi connectivity index (χ0v) is 16.1. The van der Waals surface area contributed by atoms with Gasteiger partial charge in [0.25, 0.3) is 5.91 Å². The first-order valence-corrected chi connectivity index (χ1v) is 8.67. The van der Waals surface area contributed by atoms with E-state index in [1.165, 1.54) is 24.4 Å². The van der Waals surface area contributed by atoms with Crippen molar-refractivity contribution >= 4 is 17.6 Å². The number of methoxy groups -OCH3 is 2. The Hall–Kier alpha value is -3.99. The molecule has 0 saturated carbocycles. The van der Waals surface area contributed by atoms with Crippen LogP contribution >= 0.6 is 0 Å². The monoisotopic (exact) mass is 395 g/mol. The number of carbonyl (C=O) groups is 2. The average molecular weight is 395 g/mol. The van der Waals surface area contributed by atoms with Crippen LogP contribution in [-0.2, 0) is 11.2 Å². The molecule has 8 heteroatoms. The highest BCUT2D eigenvalue weighted by molar-refractivity contribution is 6.06. The lowest BCUT2D eigenvalue weighted by atomic mass is 10.1. The summed E-state index contributed by atoms with van der Waals surface area (Å²) in [5.74, 6) is -0.469. The second-order valence-electron chi connectivity index (χ2n) is 5.90. The van der Waals surface area contributed by atoms with E-state index >= 15 is 0 Å². The van der Waals surface area contributed by atoms with Crippen molar-refractivity contribution in [1.29, 1.82) is 5.26 Å². The first-order chi connectivity index (χ1) is 14.0. The Morgan fingerprint density at radius 3 is 2.55 bits per heavy atom. The predicted molar refractivity (Wildman–Crippen MR) is 107 cm³/mol. The van der Waals surface area contributed by atoms with Gasteiger partial charge in [-0.05, 0) is 42.3 Å². The van der Waals surface area contributed by atoms with Gasteiger partial charge in [-0.25, -0.2) is 4.79 Å². The molecule has 0 aliphatic carbocycles. The number of benzene rings is 2. The van der Waals surface area contributed by atoms with Crippen LogP contribution in [0.2, 0.25) is 0 Å². The van der Waals surface area contributed by atoms with Crippen LogP contribution in [-0.4, -0.2) is 37.7 Å². The Morgan fingerprint density at radius 2 is 1.90 bits per heavy atom. The van der Waals surface area contributed by atoms with Crippen LogP contribution in [0.15, 0.2) is 54.2 Å². The van der Waals surface area contributed by atoms with Crippen LogP contribution in [0.5, 0.6) is 11.5 Å². The number of nitrogens with one attached hydrogen (secondary N) is 2. The fraction of sp³-hybridized carbons (Fsp3) is 0.190. The van der Waals surface area contributed by atoms with Gasteiger partial charge in [0.05, 0.1) is 19.8 Å². The maximum absolute atomic E-state index is 12.2. The maximum Gasteiger partial charge on any atom is 0.335 e. The molecule has 2 aromatic rings. The molecule has 0 heterocycles. The SMILES string of the molecule is COc1ccc(CCN/C=C(/C#N)C(=O)Nc2cccc(C(=O)O)c2)cc1OC. The van der Waals surface area contributed by atoms with Crippen molar-refractivity contribution in [2.24, 2.45) is 0 Å². The molecule has 0 bridgehead atoms. The summed E-state index contributed by atoms with van der Waals surface area (Å²) in [5.41, 5.74) is 1.20. The molecule has 0 unspecified atom stereocenters. The van der Waals surface area contributed by atoms with Gasteiger partial charge < -0.3 is 25.2 Å². The molecule has 3 N–H and O–H groups in total. The van der Waals surface area contributed by atoms with Crippen LogP contribution in [0.25, 0.3) is 0 Å². The lowest BCUT2D eigenvalue weighted by Crippen LogP contribution is -2.18. The Morgan fingerprint density at radius 1 is 1.14 bits per heavy atom. The smallest absolute Gasteiger partial charge is 0.335 e. The predicted octanol–water partition coefficient (Wildman–Crippen LogP) is 2.58. The zero-order chi connectivity index (χ0) is 21.2. The normalized spacial score (nSPS) is 10.6. The molecule has 2 aromatic carbocycles. The highest BCUT2D eigenvalue weighted by Crippen LogP contribution is 2.27. The number of aromatic carboxylic acids is 1. The Labute approximate surface area is 168 Å². The van der Waals surface area contributed by atoms with Gasteiger partial charge in [0.1, 0.15) is 11.6 Å². The molecule has 8 nitrogen and oxygen atoms in total. The molecule has 2 rings (SSSR count). The number of nitriles is 1. The lowest BCUT2D eigenvalue weighted by molar-refractivity contribution is -0.112. The van der Waals surface area contributed by atoms with Crippen molar-refractivity contribution in [3.8, 4) is 17.6 Å². The lowest BCUT2D eigenvalue weighted by Gasteiger charge is -2.10. The number of rotatable bonds is 9. The summed E-state index contributed by atoms with van der Waals surface area (Å²) in [5, 5.41) is 23.7. The third-order valence-electron chi connectivity index (χ3n) is 3.98. The van der Waals surface area contributed by atoms with Gasteiger partial charge in [0, 0.05) is 18.4 Å². The first-order valence-electron chi connectivity index (χ1n) is 8.67. The number of hydrogen-bond donors (Lipinski definition) is 3. The van der Waals surface area contributed by atoms with Crippen molar-refractivity contribution in [2.45, 2.75) is 6.42 Å². The quantitative estimate of drug-likeness (QED) is 0.339. The molecule has 0 aromatic heterocycles. The van der Waals surface area contributed by atoms with E-state index in [1.54, 1.807) is 20.3 Å². The fourth-order valence-corrected chi connectivity index (χ4v) is 2.50. The Kier molecular flexibility index (Phi) is 7.62. The molecular formula is C21H21N3O5. The van der Waals surface area contributed by atoms with E-state index in [2.05, 4.69) is 10.6 Å². The third-order valence-corrected chi connectivity index (χ3v) is 3.98. The summed E-state index contributed by atoms with van der Waals surface area (Å²) in [6.07, 6.45) is 1.97. The molecule has 150 valence electrons. The molecule has 0 spiro atoms. The van der Waals surface area contributed by atoms with Gasteiger partial charge in [0.2, 0.25) is 0 Å². The first kappa shape index (κ1) is 21.3. The number of carboxylic acid groups (broad SMARTS) is 1. The number of amides is 1. The van der Waals surface area contributed by atoms with Crippen molar-refractivity contribution in [1.82, 2.24) is 5.32 Å². The zero-order valence-electron chi connectivity index (χ0n) is 16.1. The molecule has 0 fully saturated rings. The van der Waals surface area contributed by atoms with Crippen molar-refractivity contribution < 1.29 is 24.2 Å². The second kappa shape index (κ2) is 10.4. The van der Waals surface area contributed by atoms with Crippen LogP contribution < -0.4 is 20.1 Å². The van der Waals surface area contributed by atoms with Gasteiger partial charge in [-0.3, -0.25) is 4.79 Å². The highest BCUT2D eigenvalue weighted by Gasteiger charge is 2.11. The Bertz CT molecular complexity index is 963. The van der Waals surface area contributed by atoms with E-state index in [0.29, 0.717) is 30.2 Å². The molecule has 0 aliphatic rings. The maximum atomic E-state index is 12.2. The summed E-state index contributed by atoms with van der Waals surface area (Å²) < 4.78 is 10.5. The van der Waals surface area contributed by atoms with E-state index in [0.717, 1.165) is 5.56 Å². The Balaban J connectivity index is 1.94. The minimum Gasteiger partial charge on any atom is -0.493 e. The van der Waals surface area contributed by atoms with Gasteiger partial charge >= 0.3 is 5.97 Å². The fourth-order valence-electron chi connectivity index (χ4n) is 2.50. The van der Waals surface area contributed by atoms with Gasteiger partial charge in [-0.1, -0.05) is 12.1 Å². The van der Waals surface area contributed by atoms with Crippen molar-refractivity contribution in [2.75, 3.05) is 26.1 Å². The number of anilines is 1. The molecule has 0 saturated heterocycles. The molecule has 0 radical (unpaired) electrons. The summed E-state index contributed by atoms with van der Waals surface area (Å²) in [4.78, 5) is 23.2. The van der Waals surface area contributed by atoms with E-state index < -0.39 is 11.9 Å². The summed E-state index contributed by atoms with van der Waals surface area (Å²) in [6, 6.07) is 13.2. The average Bonchev–Trinajstić information content (AvgIpc) is 2.73. The second-order valence-corrected chi connectivity index (χ2v) is 5.90. The summed E-state index contributed by atoms with van der Waals surface area (Å²) in [6.45, 7) is 0.489. The molecule has 0 atom stereocenters. The number of hydrogen-bond acceptors (Lipinski definition) is 6. The highest BCUT2D eigenvalue weighted by atomic mass is 16.5.